The van der Waals surface area contributed by atoms with Gasteiger partial charge in [-0.3, -0.25) is 13.8 Å². The van der Waals surface area contributed by atoms with E-state index in [0.29, 0.717) is 23.9 Å². The van der Waals surface area contributed by atoms with Crippen molar-refractivity contribution in [1.82, 2.24) is 5.32 Å². The third-order valence-corrected chi connectivity index (χ3v) is 15.8. The maximum Gasteiger partial charge on any atom is 0.472 e. The van der Waals surface area contributed by atoms with Gasteiger partial charge in [0.2, 0.25) is 5.91 Å². The Morgan fingerprint density at radius 2 is 0.686 bits per heavy atom. The minimum absolute atomic E-state index is 0.0791. The molecule has 3 atom stereocenters. The van der Waals surface area contributed by atoms with Crippen LogP contribution in [0.4, 0.5) is 0 Å². The molecule has 0 fully saturated rings. The fourth-order valence-electron chi connectivity index (χ4n) is 9.93. The Bertz CT molecular complexity index is 1100. The summed E-state index contributed by atoms with van der Waals surface area (Å²) in [6.45, 7) is 4.95. The second-order valence-corrected chi connectivity index (χ2v) is 24.6. The number of unbranched alkanes of at least 4 members (excludes halogenated alkanes) is 46. The molecule has 1 unspecified atom stereocenters. The summed E-state index contributed by atoms with van der Waals surface area (Å²) >= 11 is 0. The Morgan fingerprint density at radius 3 is 0.957 bits per heavy atom. The number of nitrogens with one attached hydrogen (secondary N) is 1. The van der Waals surface area contributed by atoms with Crippen molar-refractivity contribution in [2.24, 2.45) is 0 Å². The number of phosphoric ester groups is 1. The van der Waals surface area contributed by atoms with Crippen molar-refractivity contribution in [3.05, 3.63) is 0 Å². The first-order valence-electron chi connectivity index (χ1n) is 31.4. The maximum absolute atomic E-state index is 13.0. The summed E-state index contributed by atoms with van der Waals surface area (Å²) in [5.74, 6) is -0.135. The van der Waals surface area contributed by atoms with E-state index in [2.05, 4.69) is 19.2 Å². The van der Waals surface area contributed by atoms with Crippen molar-refractivity contribution in [2.45, 2.75) is 347 Å². The smallest absolute Gasteiger partial charge is 0.391 e. The standard InChI is InChI=1S/C61H125N2O6P/c1-6-8-10-12-14-16-18-20-22-24-25-26-27-28-29-30-31-32-33-34-35-36-37-38-39-41-43-45-47-49-51-53-55-61(65)62-59(58-69-70(66,67)68-57-56-63(3,4)5)60(64)54-52-50-48-46-44-42-40-23-21-19-17-15-13-11-9-7-2/h59-60,64H,6-58H2,1-5H3,(H-,62,65,66,67)/p+1/t59-,60+/m0/s1. The van der Waals surface area contributed by atoms with Gasteiger partial charge in [-0.15, -0.1) is 0 Å². The van der Waals surface area contributed by atoms with Crippen molar-refractivity contribution >= 4 is 13.7 Å². The second kappa shape index (κ2) is 53.3. The molecular formula is C61H126N2O6P+. The predicted octanol–water partition coefficient (Wildman–Crippen LogP) is 19.2. The molecule has 0 rings (SSSR count). The number of likely N-dealkylation sites (N-methyl/N-ethyl adjacent to an activating group) is 1. The zero-order valence-electron chi connectivity index (χ0n) is 48.1. The third-order valence-electron chi connectivity index (χ3n) is 14.9. The lowest BCUT2D eigenvalue weighted by molar-refractivity contribution is -0.870. The SMILES string of the molecule is CCCCCCCCCCCCCCCCCCCCCCCCCCCCCCCCCCC(=O)N[C@@H](COP(=O)(O)OCC[N+](C)(C)C)[C@H](O)CCCCCCCCCCCCCCCCCC. The van der Waals surface area contributed by atoms with Gasteiger partial charge in [-0.1, -0.05) is 316 Å². The highest BCUT2D eigenvalue weighted by molar-refractivity contribution is 7.47. The van der Waals surface area contributed by atoms with Crippen LogP contribution in [0, 0.1) is 0 Å². The highest BCUT2D eigenvalue weighted by Crippen LogP contribution is 2.43. The molecule has 0 heterocycles. The molecule has 0 saturated carbocycles. The molecule has 9 heteroatoms. The van der Waals surface area contributed by atoms with Crippen molar-refractivity contribution in [1.29, 1.82) is 0 Å². The topological polar surface area (TPSA) is 105 Å². The zero-order valence-corrected chi connectivity index (χ0v) is 48.9. The number of aliphatic hydroxyl groups is 1. The number of carbonyl (C=O) groups is 1. The maximum atomic E-state index is 13.0. The summed E-state index contributed by atoms with van der Waals surface area (Å²) in [7, 11) is 1.64. The summed E-state index contributed by atoms with van der Waals surface area (Å²) < 4.78 is 23.8. The van der Waals surface area contributed by atoms with Gasteiger partial charge in [-0.05, 0) is 12.8 Å². The number of amides is 1. The molecule has 3 N–H and O–H groups in total. The molecule has 0 spiro atoms. The van der Waals surface area contributed by atoms with Crippen LogP contribution in [0.2, 0.25) is 0 Å². The Balaban J connectivity index is 3.95. The molecular weight excluding hydrogens is 888 g/mol. The van der Waals surface area contributed by atoms with Gasteiger partial charge in [-0.2, -0.15) is 0 Å². The molecule has 0 aliphatic heterocycles. The molecule has 0 aliphatic rings. The van der Waals surface area contributed by atoms with Crippen LogP contribution in [-0.2, 0) is 18.4 Å². The van der Waals surface area contributed by atoms with E-state index in [9.17, 15) is 19.4 Å². The summed E-state index contributed by atoms with van der Waals surface area (Å²) in [5.41, 5.74) is 0. The number of quaternary nitrogens is 1. The lowest BCUT2D eigenvalue weighted by atomic mass is 10.0. The molecule has 0 aromatic heterocycles. The first-order valence-corrected chi connectivity index (χ1v) is 32.9. The molecule has 70 heavy (non-hydrogen) atoms. The fourth-order valence-corrected chi connectivity index (χ4v) is 10.7. The summed E-state index contributed by atoms with van der Waals surface area (Å²) in [6.07, 6.45) is 64.7. The molecule has 1 amide bonds. The minimum Gasteiger partial charge on any atom is -0.391 e. The minimum atomic E-state index is -4.32. The van der Waals surface area contributed by atoms with E-state index in [1.807, 2.05) is 21.1 Å². The molecule has 0 aromatic rings. The van der Waals surface area contributed by atoms with Crippen LogP contribution < -0.4 is 5.32 Å². The number of nitrogens with zero attached hydrogens (tertiary/aromatic N) is 1. The highest BCUT2D eigenvalue weighted by Gasteiger charge is 2.28. The van der Waals surface area contributed by atoms with E-state index in [1.54, 1.807) is 0 Å². The van der Waals surface area contributed by atoms with Gasteiger partial charge < -0.3 is 19.8 Å². The van der Waals surface area contributed by atoms with Crippen molar-refractivity contribution in [3.8, 4) is 0 Å². The quantitative estimate of drug-likeness (QED) is 0.0318. The number of rotatable bonds is 59. The first-order chi connectivity index (χ1) is 34.0. The van der Waals surface area contributed by atoms with Crippen LogP contribution >= 0.6 is 7.82 Å². The molecule has 0 aliphatic carbocycles. The van der Waals surface area contributed by atoms with Crippen LogP contribution in [0.1, 0.15) is 335 Å². The van der Waals surface area contributed by atoms with E-state index in [4.69, 9.17) is 9.05 Å². The average molecular weight is 1010 g/mol. The molecule has 0 radical (unpaired) electrons. The number of carbonyl (C=O) groups excluding carboxylic acids is 1. The number of hydrogen-bond donors (Lipinski definition) is 3. The summed E-state index contributed by atoms with van der Waals surface area (Å²) in [4.78, 5) is 23.4. The summed E-state index contributed by atoms with van der Waals surface area (Å²) in [5, 5.41) is 14.1. The third kappa shape index (κ3) is 55.3. The second-order valence-electron chi connectivity index (χ2n) is 23.2. The van der Waals surface area contributed by atoms with Gasteiger partial charge in [0.1, 0.15) is 13.2 Å². The molecule has 0 bridgehead atoms. The summed E-state index contributed by atoms with van der Waals surface area (Å²) in [6, 6.07) is -0.755. The molecule has 0 aromatic carbocycles. The highest BCUT2D eigenvalue weighted by atomic mass is 31.2. The van der Waals surface area contributed by atoms with Crippen LogP contribution in [0.15, 0.2) is 0 Å². The van der Waals surface area contributed by atoms with Gasteiger partial charge in [0, 0.05) is 6.42 Å². The van der Waals surface area contributed by atoms with E-state index < -0.39 is 20.0 Å². The Labute approximate surface area is 438 Å². The number of aliphatic hydroxyl groups excluding tert-OH is 1. The largest absolute Gasteiger partial charge is 0.472 e. The first kappa shape index (κ1) is 69.5. The van der Waals surface area contributed by atoms with Crippen LogP contribution in [0.25, 0.3) is 0 Å². The molecule has 0 saturated heterocycles. The van der Waals surface area contributed by atoms with E-state index in [-0.39, 0.29) is 19.1 Å². The monoisotopic (exact) mass is 1010 g/mol. The van der Waals surface area contributed by atoms with E-state index >= 15 is 0 Å². The van der Waals surface area contributed by atoms with Gasteiger partial charge in [0.05, 0.1) is 39.9 Å². The van der Waals surface area contributed by atoms with Crippen molar-refractivity contribution in [2.75, 3.05) is 40.9 Å². The Kier molecular flexibility index (Phi) is 52.9. The fraction of sp³-hybridized carbons (Fsp3) is 0.984. The van der Waals surface area contributed by atoms with E-state index in [1.165, 1.54) is 270 Å². The van der Waals surface area contributed by atoms with Crippen LogP contribution in [-0.4, -0.2) is 73.4 Å². The van der Waals surface area contributed by atoms with Crippen molar-refractivity contribution in [3.63, 3.8) is 0 Å². The van der Waals surface area contributed by atoms with Gasteiger partial charge in [0.25, 0.3) is 0 Å². The Hall–Kier alpha value is -0.500. The molecule has 8 nitrogen and oxygen atoms in total. The Morgan fingerprint density at radius 1 is 0.429 bits per heavy atom. The number of phosphoric acid groups is 1. The van der Waals surface area contributed by atoms with Crippen molar-refractivity contribution < 1.29 is 32.9 Å². The van der Waals surface area contributed by atoms with E-state index in [0.717, 1.165) is 38.5 Å². The predicted molar refractivity (Wildman–Crippen MR) is 305 cm³/mol. The normalized spacial score (nSPS) is 13.8. The molecule has 420 valence electrons. The average Bonchev–Trinajstić information content (AvgIpc) is 3.32. The number of hydrogen-bond acceptors (Lipinski definition) is 5. The zero-order chi connectivity index (χ0) is 51.3. The lowest BCUT2D eigenvalue weighted by Crippen LogP contribution is -2.46. The van der Waals surface area contributed by atoms with Crippen LogP contribution in [0.3, 0.4) is 0 Å². The van der Waals surface area contributed by atoms with Gasteiger partial charge >= 0.3 is 7.82 Å². The lowest BCUT2D eigenvalue weighted by Gasteiger charge is -2.26. The van der Waals surface area contributed by atoms with Gasteiger partial charge in [0.15, 0.2) is 0 Å². The van der Waals surface area contributed by atoms with Gasteiger partial charge in [-0.25, -0.2) is 4.57 Å². The van der Waals surface area contributed by atoms with Crippen LogP contribution in [0.5, 0.6) is 0 Å².